The van der Waals surface area contributed by atoms with Crippen LogP contribution >= 0.6 is 11.6 Å². The van der Waals surface area contributed by atoms with Crippen LogP contribution in [0.4, 0.5) is 8.78 Å². The second-order valence-electron chi connectivity index (χ2n) is 6.71. The van der Waals surface area contributed by atoms with E-state index in [0.29, 0.717) is 0 Å². The average Bonchev–Trinajstić information content (AvgIpc) is 3.15. The lowest BCUT2D eigenvalue weighted by Crippen LogP contribution is -2.52. The molecule has 2 aromatic rings. The van der Waals surface area contributed by atoms with Gasteiger partial charge in [0.05, 0.1) is 18.8 Å². The van der Waals surface area contributed by atoms with Crippen molar-refractivity contribution in [3.63, 3.8) is 0 Å². The van der Waals surface area contributed by atoms with Crippen LogP contribution in [0.3, 0.4) is 0 Å². The summed E-state index contributed by atoms with van der Waals surface area (Å²) >= 11 is 5.49. The largest absolute Gasteiger partial charge is 0.394 e. The van der Waals surface area contributed by atoms with E-state index in [2.05, 4.69) is 10.3 Å². The molecule has 1 aliphatic rings. The van der Waals surface area contributed by atoms with Crippen LogP contribution in [0.2, 0.25) is 5.02 Å². The smallest absolute Gasteiger partial charge is 0.251 e. The van der Waals surface area contributed by atoms with Gasteiger partial charge >= 0.3 is 0 Å². The van der Waals surface area contributed by atoms with Crippen LogP contribution in [0.25, 0.3) is 11.3 Å². The van der Waals surface area contributed by atoms with Crippen molar-refractivity contribution in [1.29, 1.82) is 0 Å². The maximum Gasteiger partial charge on any atom is 0.251 e. The quantitative estimate of drug-likeness (QED) is 0.722. The molecule has 8 nitrogen and oxygen atoms in total. The summed E-state index contributed by atoms with van der Waals surface area (Å²) in [7, 11) is 3.13. The summed E-state index contributed by atoms with van der Waals surface area (Å²) in [5.41, 5.74) is 0.274. The van der Waals surface area contributed by atoms with Gasteiger partial charge in [0.15, 0.2) is 0 Å². The monoisotopic (exact) mass is 416 g/mol. The second-order valence-corrected chi connectivity index (χ2v) is 7.09. The number of amides is 1. The SMILES string of the molecule is CN(C)C(=O)C1CC(n2cc(-c3cc(F)c(Cl)c(F)c3)nn2)C(O)C(CO)O1. The molecule has 28 heavy (non-hydrogen) atoms. The number of likely N-dealkylation sites (N-methyl/N-ethyl adjacent to an activating group) is 1. The van der Waals surface area contributed by atoms with Crippen molar-refractivity contribution >= 4 is 17.5 Å². The van der Waals surface area contributed by atoms with E-state index in [1.807, 2.05) is 0 Å². The van der Waals surface area contributed by atoms with Gasteiger partial charge in [0.25, 0.3) is 5.91 Å². The van der Waals surface area contributed by atoms with E-state index in [1.165, 1.54) is 15.8 Å². The summed E-state index contributed by atoms with van der Waals surface area (Å²) in [5.74, 6) is -2.19. The van der Waals surface area contributed by atoms with E-state index in [-0.39, 0.29) is 23.6 Å². The highest BCUT2D eigenvalue weighted by Gasteiger charge is 2.42. The van der Waals surface area contributed by atoms with Crippen molar-refractivity contribution in [2.75, 3.05) is 20.7 Å². The Bertz CT molecular complexity index is 856. The van der Waals surface area contributed by atoms with Gasteiger partial charge in [-0.3, -0.25) is 4.79 Å². The molecule has 1 saturated heterocycles. The van der Waals surface area contributed by atoms with Gasteiger partial charge in [-0.25, -0.2) is 13.5 Å². The van der Waals surface area contributed by atoms with Gasteiger partial charge in [-0.2, -0.15) is 0 Å². The number of rotatable bonds is 4. The van der Waals surface area contributed by atoms with Crippen molar-refractivity contribution in [1.82, 2.24) is 19.9 Å². The Morgan fingerprint density at radius 1 is 1.39 bits per heavy atom. The lowest BCUT2D eigenvalue weighted by atomic mass is 9.95. The van der Waals surface area contributed by atoms with E-state index in [9.17, 15) is 23.8 Å². The molecular weight excluding hydrogens is 398 g/mol. The average molecular weight is 417 g/mol. The maximum atomic E-state index is 13.7. The maximum absolute atomic E-state index is 13.7. The molecule has 3 rings (SSSR count). The Balaban J connectivity index is 1.91. The predicted molar refractivity (Wildman–Crippen MR) is 94.5 cm³/mol. The summed E-state index contributed by atoms with van der Waals surface area (Å²) in [5, 5.41) is 27.2. The van der Waals surface area contributed by atoms with Crippen LogP contribution in [0.1, 0.15) is 12.5 Å². The van der Waals surface area contributed by atoms with E-state index in [1.54, 1.807) is 14.1 Å². The highest BCUT2D eigenvalue weighted by molar-refractivity contribution is 6.30. The second kappa shape index (κ2) is 8.08. The third kappa shape index (κ3) is 3.86. The van der Waals surface area contributed by atoms with Crippen LogP contribution in [-0.2, 0) is 9.53 Å². The third-order valence-corrected chi connectivity index (χ3v) is 4.96. The molecule has 0 saturated carbocycles. The molecule has 0 radical (unpaired) electrons. The standard InChI is InChI=1S/C17H19ClF2N4O4/c1-23(2)17(27)13-5-12(16(26)14(7-25)28-13)24-6-11(21-22-24)8-3-9(19)15(18)10(20)4-8/h3-4,6,12-14,16,25-26H,5,7H2,1-2H3. The number of carbonyl (C=O) groups excluding carboxylic acids is 1. The van der Waals surface area contributed by atoms with Crippen molar-refractivity contribution in [3.05, 3.63) is 35.0 Å². The van der Waals surface area contributed by atoms with Crippen molar-refractivity contribution in [2.45, 2.75) is 30.8 Å². The van der Waals surface area contributed by atoms with E-state index in [4.69, 9.17) is 16.3 Å². The van der Waals surface area contributed by atoms with Gasteiger partial charge in [0.1, 0.15) is 40.7 Å². The molecule has 1 aliphatic heterocycles. The van der Waals surface area contributed by atoms with E-state index in [0.717, 1.165) is 12.1 Å². The molecule has 152 valence electrons. The molecule has 2 N–H and O–H groups in total. The van der Waals surface area contributed by atoms with Crippen LogP contribution in [0.15, 0.2) is 18.3 Å². The summed E-state index contributed by atoms with van der Waals surface area (Å²) in [6.07, 6.45) is -1.57. The van der Waals surface area contributed by atoms with Crippen molar-refractivity contribution < 1.29 is 28.5 Å². The van der Waals surface area contributed by atoms with Gasteiger partial charge in [0, 0.05) is 26.1 Å². The first-order chi connectivity index (χ1) is 13.2. The minimum atomic E-state index is -1.16. The zero-order valence-corrected chi connectivity index (χ0v) is 15.8. The summed E-state index contributed by atoms with van der Waals surface area (Å²) in [6, 6.07) is 1.31. The molecule has 1 fully saturated rings. The van der Waals surface area contributed by atoms with E-state index < -0.39 is 47.6 Å². The molecule has 1 aromatic heterocycles. The molecule has 2 heterocycles. The topological polar surface area (TPSA) is 101 Å². The van der Waals surface area contributed by atoms with Crippen molar-refractivity contribution in [3.8, 4) is 11.3 Å². The minimum Gasteiger partial charge on any atom is -0.394 e. The lowest BCUT2D eigenvalue weighted by Gasteiger charge is -2.38. The number of nitrogens with zero attached hydrogens (tertiary/aromatic N) is 4. The number of hydrogen-bond acceptors (Lipinski definition) is 6. The number of hydrogen-bond donors (Lipinski definition) is 2. The van der Waals surface area contributed by atoms with Gasteiger partial charge < -0.3 is 19.8 Å². The van der Waals surface area contributed by atoms with Gasteiger partial charge in [-0.1, -0.05) is 16.8 Å². The third-order valence-electron chi connectivity index (χ3n) is 4.60. The molecule has 1 amide bonds. The number of benzene rings is 1. The Kier molecular flexibility index (Phi) is 5.94. The number of aromatic nitrogens is 3. The first kappa shape index (κ1) is 20.6. The molecule has 0 spiro atoms. The molecule has 4 unspecified atom stereocenters. The number of halogens is 3. The minimum absolute atomic E-state index is 0.0841. The fourth-order valence-corrected chi connectivity index (χ4v) is 3.20. The number of ether oxygens (including phenoxy) is 1. The highest BCUT2D eigenvalue weighted by Crippen LogP contribution is 2.32. The summed E-state index contributed by atoms with van der Waals surface area (Å²) < 4.78 is 34.2. The fourth-order valence-electron chi connectivity index (χ4n) is 3.09. The van der Waals surface area contributed by atoms with Gasteiger partial charge in [-0.05, 0) is 12.1 Å². The predicted octanol–water partition coefficient (Wildman–Crippen LogP) is 1.02. The highest BCUT2D eigenvalue weighted by atomic mass is 35.5. The Hall–Kier alpha value is -2.14. The van der Waals surface area contributed by atoms with Gasteiger partial charge in [0.2, 0.25) is 0 Å². The molecule has 4 atom stereocenters. The lowest BCUT2D eigenvalue weighted by molar-refractivity contribution is -0.176. The van der Waals surface area contributed by atoms with Crippen LogP contribution in [-0.4, -0.2) is 75.0 Å². The van der Waals surface area contributed by atoms with Crippen LogP contribution in [0.5, 0.6) is 0 Å². The summed E-state index contributed by atoms with van der Waals surface area (Å²) in [4.78, 5) is 13.6. The Morgan fingerprint density at radius 3 is 2.61 bits per heavy atom. The molecule has 0 bridgehead atoms. The van der Waals surface area contributed by atoms with Crippen LogP contribution < -0.4 is 0 Å². The number of aliphatic hydroxyl groups excluding tert-OH is 2. The zero-order valence-electron chi connectivity index (χ0n) is 15.1. The van der Waals surface area contributed by atoms with Crippen LogP contribution in [0, 0.1) is 11.6 Å². The first-order valence-electron chi connectivity index (χ1n) is 8.45. The van der Waals surface area contributed by atoms with E-state index >= 15 is 0 Å². The summed E-state index contributed by atoms with van der Waals surface area (Å²) in [6.45, 7) is -0.496. The molecular formula is C17H19ClF2N4O4. The van der Waals surface area contributed by atoms with Crippen molar-refractivity contribution in [2.24, 2.45) is 0 Å². The number of aliphatic hydroxyl groups is 2. The molecule has 1 aromatic carbocycles. The Morgan fingerprint density at radius 2 is 2.04 bits per heavy atom. The first-order valence-corrected chi connectivity index (χ1v) is 8.83. The zero-order chi connectivity index (χ0) is 20.6. The fraction of sp³-hybridized carbons (Fsp3) is 0.471. The van der Waals surface area contributed by atoms with Gasteiger partial charge in [-0.15, -0.1) is 5.10 Å². The normalized spacial score (nSPS) is 25.0. The molecule has 11 heteroatoms. The molecule has 0 aliphatic carbocycles. The Labute approximate surface area is 164 Å². The number of carbonyl (C=O) groups is 1.